The normalized spacial score (nSPS) is 15.9. The molecular weight excluding hydrogens is 238 g/mol. The molecule has 0 aliphatic heterocycles. The van der Waals surface area contributed by atoms with Crippen LogP contribution in [0, 0.1) is 10.1 Å². The van der Waals surface area contributed by atoms with Gasteiger partial charge in [-0.1, -0.05) is 23.9 Å². The van der Waals surface area contributed by atoms with Crippen LogP contribution in [0.5, 0.6) is 0 Å². The van der Waals surface area contributed by atoms with Crippen LogP contribution in [-0.4, -0.2) is 16.1 Å². The second kappa shape index (κ2) is 5.18. The number of nitrogens with two attached hydrogens (primary N) is 1. The van der Waals surface area contributed by atoms with Crippen molar-refractivity contribution in [3.8, 4) is 0 Å². The summed E-state index contributed by atoms with van der Waals surface area (Å²) in [7, 11) is 0. The number of hydrogen-bond donors (Lipinski definition) is 1. The highest BCUT2D eigenvalue weighted by molar-refractivity contribution is 8.13. The van der Waals surface area contributed by atoms with Gasteiger partial charge in [0.1, 0.15) is 0 Å². The van der Waals surface area contributed by atoms with Gasteiger partial charge in [-0.05, 0) is 18.4 Å². The molecule has 1 aliphatic carbocycles. The molecule has 1 aliphatic rings. The molecule has 2 rings (SSSR count). The van der Waals surface area contributed by atoms with E-state index in [0.717, 1.165) is 18.4 Å². The van der Waals surface area contributed by atoms with Crippen molar-refractivity contribution in [2.45, 2.75) is 24.6 Å². The molecule has 17 heavy (non-hydrogen) atoms. The number of benzene rings is 1. The molecule has 0 atom stereocenters. The lowest BCUT2D eigenvalue weighted by Crippen LogP contribution is -2.07. The van der Waals surface area contributed by atoms with Crippen LogP contribution in [0.15, 0.2) is 29.3 Å². The fourth-order valence-corrected chi connectivity index (χ4v) is 2.02. The van der Waals surface area contributed by atoms with Crippen LogP contribution in [0.25, 0.3) is 0 Å². The third kappa shape index (κ3) is 3.74. The highest BCUT2D eigenvalue weighted by Gasteiger charge is 2.20. The van der Waals surface area contributed by atoms with Gasteiger partial charge in [-0.2, -0.15) is 0 Å². The van der Waals surface area contributed by atoms with Crippen LogP contribution in [0.3, 0.4) is 0 Å². The Kier molecular flexibility index (Phi) is 3.63. The minimum atomic E-state index is -0.403. The van der Waals surface area contributed by atoms with Crippen molar-refractivity contribution in [1.29, 1.82) is 0 Å². The van der Waals surface area contributed by atoms with Gasteiger partial charge in [0.05, 0.1) is 11.0 Å². The highest BCUT2D eigenvalue weighted by atomic mass is 32.2. The second-order valence-corrected chi connectivity index (χ2v) is 4.91. The van der Waals surface area contributed by atoms with E-state index in [-0.39, 0.29) is 5.69 Å². The Hall–Kier alpha value is -1.56. The molecule has 0 amide bonds. The molecule has 90 valence electrons. The van der Waals surface area contributed by atoms with Gasteiger partial charge in [0.25, 0.3) is 5.69 Å². The van der Waals surface area contributed by atoms with E-state index in [1.54, 1.807) is 12.1 Å². The van der Waals surface area contributed by atoms with Crippen LogP contribution in [0.2, 0.25) is 0 Å². The fraction of sp³-hybridized carbons (Fsp3) is 0.364. The SMILES string of the molecule is NC(=NC1CC1)SCc1ccc([N+](=O)[O-])cc1. The predicted octanol–water partition coefficient (Wildman–Crippen LogP) is 2.31. The summed E-state index contributed by atoms with van der Waals surface area (Å²) in [5.41, 5.74) is 6.86. The zero-order valence-corrected chi connectivity index (χ0v) is 10.0. The number of hydrogen-bond acceptors (Lipinski definition) is 4. The summed E-state index contributed by atoms with van der Waals surface area (Å²) in [6.07, 6.45) is 2.28. The molecule has 0 aromatic heterocycles. The number of rotatable bonds is 4. The maximum absolute atomic E-state index is 10.5. The lowest BCUT2D eigenvalue weighted by Gasteiger charge is -2.01. The Morgan fingerprint density at radius 3 is 2.65 bits per heavy atom. The summed E-state index contributed by atoms with van der Waals surface area (Å²) in [6, 6.07) is 6.93. The lowest BCUT2D eigenvalue weighted by atomic mass is 10.2. The molecule has 1 fully saturated rings. The van der Waals surface area contributed by atoms with E-state index in [0.29, 0.717) is 17.0 Å². The Balaban J connectivity index is 1.88. The first kappa shape index (κ1) is 11.9. The van der Waals surface area contributed by atoms with E-state index in [4.69, 9.17) is 5.73 Å². The number of nitro groups is 1. The minimum Gasteiger partial charge on any atom is -0.379 e. The Labute approximate surface area is 103 Å². The molecule has 2 N–H and O–H groups in total. The quantitative estimate of drug-likeness (QED) is 0.385. The first-order valence-corrected chi connectivity index (χ1v) is 6.33. The Morgan fingerprint density at radius 2 is 2.12 bits per heavy atom. The van der Waals surface area contributed by atoms with Gasteiger partial charge in [-0.25, -0.2) is 0 Å². The molecular formula is C11H13N3O2S. The van der Waals surface area contributed by atoms with Gasteiger partial charge >= 0.3 is 0 Å². The van der Waals surface area contributed by atoms with Gasteiger partial charge in [0, 0.05) is 17.9 Å². The van der Waals surface area contributed by atoms with E-state index < -0.39 is 4.92 Å². The van der Waals surface area contributed by atoms with Gasteiger partial charge in [0.15, 0.2) is 5.17 Å². The fourth-order valence-electron chi connectivity index (χ4n) is 1.29. The highest BCUT2D eigenvalue weighted by Crippen LogP contribution is 2.25. The molecule has 1 aromatic carbocycles. The average molecular weight is 251 g/mol. The van der Waals surface area contributed by atoms with Crippen molar-refractivity contribution in [3.63, 3.8) is 0 Å². The second-order valence-electron chi connectivity index (χ2n) is 3.91. The minimum absolute atomic E-state index is 0.110. The van der Waals surface area contributed by atoms with Crippen molar-refractivity contribution < 1.29 is 4.92 Å². The van der Waals surface area contributed by atoms with Gasteiger partial charge in [-0.3, -0.25) is 15.1 Å². The molecule has 0 unspecified atom stereocenters. The number of nitrogens with zero attached hydrogens (tertiary/aromatic N) is 2. The van der Waals surface area contributed by atoms with E-state index in [1.807, 2.05) is 0 Å². The molecule has 5 nitrogen and oxygen atoms in total. The number of thioether (sulfide) groups is 1. The largest absolute Gasteiger partial charge is 0.379 e. The molecule has 0 spiro atoms. The van der Waals surface area contributed by atoms with Crippen molar-refractivity contribution in [2.75, 3.05) is 0 Å². The summed E-state index contributed by atoms with van der Waals surface area (Å²) >= 11 is 1.47. The van der Waals surface area contributed by atoms with Crippen molar-refractivity contribution >= 4 is 22.6 Å². The van der Waals surface area contributed by atoms with E-state index >= 15 is 0 Å². The summed E-state index contributed by atoms with van der Waals surface area (Å²) in [4.78, 5) is 14.4. The molecule has 1 aromatic rings. The van der Waals surface area contributed by atoms with E-state index in [1.165, 1.54) is 23.9 Å². The molecule has 0 bridgehead atoms. The molecule has 1 saturated carbocycles. The van der Waals surface area contributed by atoms with Crippen LogP contribution in [0.1, 0.15) is 18.4 Å². The van der Waals surface area contributed by atoms with Crippen LogP contribution in [0.4, 0.5) is 5.69 Å². The van der Waals surface area contributed by atoms with E-state index in [9.17, 15) is 10.1 Å². The van der Waals surface area contributed by atoms with E-state index in [2.05, 4.69) is 4.99 Å². The maximum Gasteiger partial charge on any atom is 0.269 e. The first-order valence-electron chi connectivity index (χ1n) is 5.34. The van der Waals surface area contributed by atoms with Gasteiger partial charge < -0.3 is 5.73 Å². The van der Waals surface area contributed by atoms with Crippen LogP contribution in [-0.2, 0) is 5.75 Å². The lowest BCUT2D eigenvalue weighted by molar-refractivity contribution is -0.384. The third-order valence-electron chi connectivity index (χ3n) is 2.39. The molecule has 0 saturated heterocycles. The summed E-state index contributed by atoms with van der Waals surface area (Å²) in [5, 5.41) is 11.1. The van der Waals surface area contributed by atoms with Crippen molar-refractivity contribution in [2.24, 2.45) is 10.7 Å². The molecule has 0 radical (unpaired) electrons. The third-order valence-corrected chi connectivity index (χ3v) is 3.27. The first-order chi connectivity index (χ1) is 8.15. The number of non-ortho nitro benzene ring substituents is 1. The van der Waals surface area contributed by atoms with Crippen molar-refractivity contribution in [1.82, 2.24) is 0 Å². The van der Waals surface area contributed by atoms with Gasteiger partial charge in [0.2, 0.25) is 0 Å². The predicted molar refractivity (Wildman–Crippen MR) is 69.0 cm³/mol. The van der Waals surface area contributed by atoms with Crippen molar-refractivity contribution in [3.05, 3.63) is 39.9 Å². The zero-order valence-electron chi connectivity index (χ0n) is 9.20. The summed E-state index contributed by atoms with van der Waals surface area (Å²) < 4.78 is 0. The summed E-state index contributed by atoms with van der Waals surface area (Å²) in [6.45, 7) is 0. The maximum atomic E-state index is 10.5. The standard InChI is InChI=1S/C11H13N3O2S/c12-11(13-9-3-4-9)17-7-8-1-5-10(6-2-8)14(15)16/h1-2,5-6,9H,3-4,7H2,(H2,12,13). The zero-order chi connectivity index (χ0) is 12.3. The molecule has 0 heterocycles. The number of amidine groups is 1. The average Bonchev–Trinajstić information content (AvgIpc) is 3.11. The summed E-state index contributed by atoms with van der Waals surface area (Å²) in [5.74, 6) is 0.694. The number of aliphatic imine (C=N–C) groups is 1. The van der Waals surface area contributed by atoms with Gasteiger partial charge in [-0.15, -0.1) is 0 Å². The Bertz CT molecular complexity index is 441. The molecule has 6 heteroatoms. The van der Waals surface area contributed by atoms with Crippen LogP contribution >= 0.6 is 11.8 Å². The Morgan fingerprint density at radius 1 is 1.47 bits per heavy atom. The smallest absolute Gasteiger partial charge is 0.269 e. The monoisotopic (exact) mass is 251 g/mol. The van der Waals surface area contributed by atoms with Crippen LogP contribution < -0.4 is 5.73 Å². The topological polar surface area (TPSA) is 81.5 Å². The number of nitro benzene ring substituents is 1.